The third kappa shape index (κ3) is 15.7. The summed E-state index contributed by atoms with van der Waals surface area (Å²) in [6, 6.07) is -3.84. The molecule has 0 rings (SSSR count). The normalized spacial score (nSPS) is 14.4. The number of hydrogen-bond donors (Lipinski definition) is 8. The molecular weight excluding hydrogens is 480 g/mol. The molecule has 37 heavy (non-hydrogen) atoms. The van der Waals surface area contributed by atoms with E-state index in [0.717, 1.165) is 0 Å². The number of amides is 3. The van der Waals surface area contributed by atoms with Crippen LogP contribution in [0.25, 0.3) is 0 Å². The van der Waals surface area contributed by atoms with Crippen molar-refractivity contribution in [3.63, 3.8) is 0 Å². The fraction of sp³-hybridized carbons (Fsp3) is 0.792. The van der Waals surface area contributed by atoms with E-state index in [-0.39, 0.29) is 24.2 Å². The molecule has 0 aliphatic carbocycles. The fourth-order valence-electron chi connectivity index (χ4n) is 3.63. The Morgan fingerprint density at radius 2 is 1.24 bits per heavy atom. The number of carbonyl (C=O) groups is 4. The highest BCUT2D eigenvalue weighted by Crippen LogP contribution is 2.11. The Morgan fingerprint density at radius 3 is 1.68 bits per heavy atom. The summed E-state index contributed by atoms with van der Waals surface area (Å²) in [6.45, 7) is 8.33. The number of aliphatic imine (C=N–C) groups is 1. The summed E-state index contributed by atoms with van der Waals surface area (Å²) in [5, 5.41) is 17.4. The third-order valence-corrected chi connectivity index (χ3v) is 5.55. The Morgan fingerprint density at radius 1 is 0.757 bits per heavy atom. The smallest absolute Gasteiger partial charge is 0.326 e. The van der Waals surface area contributed by atoms with Crippen LogP contribution in [-0.4, -0.2) is 72.0 Å². The van der Waals surface area contributed by atoms with Crippen molar-refractivity contribution < 1.29 is 24.3 Å². The van der Waals surface area contributed by atoms with Crippen molar-refractivity contribution in [2.75, 3.05) is 13.1 Å². The first-order valence-corrected chi connectivity index (χ1v) is 12.9. The molecule has 0 fully saturated rings. The average Bonchev–Trinajstić information content (AvgIpc) is 2.79. The quantitative estimate of drug-likeness (QED) is 0.0589. The third-order valence-electron chi connectivity index (χ3n) is 5.55. The number of carboxylic acids is 1. The first-order valence-electron chi connectivity index (χ1n) is 12.9. The fourth-order valence-corrected chi connectivity index (χ4v) is 3.63. The molecule has 4 unspecified atom stereocenters. The van der Waals surface area contributed by atoms with Gasteiger partial charge in [0.15, 0.2) is 5.96 Å². The Balaban J connectivity index is 5.38. The van der Waals surface area contributed by atoms with Gasteiger partial charge in [0.05, 0.1) is 6.04 Å². The average molecular weight is 529 g/mol. The summed E-state index contributed by atoms with van der Waals surface area (Å²) in [5.41, 5.74) is 22.0. The second kappa shape index (κ2) is 18.3. The van der Waals surface area contributed by atoms with Gasteiger partial charge in [0.2, 0.25) is 17.7 Å². The number of nitrogens with one attached hydrogen (secondary N) is 3. The van der Waals surface area contributed by atoms with Crippen LogP contribution in [0.15, 0.2) is 4.99 Å². The van der Waals surface area contributed by atoms with Gasteiger partial charge in [-0.3, -0.25) is 19.4 Å². The van der Waals surface area contributed by atoms with Crippen molar-refractivity contribution >= 4 is 29.7 Å². The van der Waals surface area contributed by atoms with Gasteiger partial charge in [-0.15, -0.1) is 0 Å². The maximum atomic E-state index is 13.2. The number of rotatable bonds is 19. The van der Waals surface area contributed by atoms with Crippen molar-refractivity contribution in [2.45, 2.75) is 96.8 Å². The summed E-state index contributed by atoms with van der Waals surface area (Å²) in [5.74, 6) is -2.73. The number of hydrogen-bond acceptors (Lipinski definition) is 7. The summed E-state index contributed by atoms with van der Waals surface area (Å²) < 4.78 is 0. The van der Waals surface area contributed by atoms with E-state index in [1.165, 1.54) is 0 Å². The SMILES string of the molecule is CC(C)CC(NC(=O)C(N)CCCN=C(N)N)C(=O)NC(CC(C)C)C(=O)NC(CCCCN)C(=O)O. The zero-order valence-corrected chi connectivity index (χ0v) is 22.7. The topological polar surface area (TPSA) is 241 Å². The second-order valence-electron chi connectivity index (χ2n) is 10.1. The molecule has 0 spiro atoms. The molecule has 0 aromatic rings. The molecule has 0 saturated carbocycles. The second-order valence-corrected chi connectivity index (χ2v) is 10.1. The van der Waals surface area contributed by atoms with E-state index in [4.69, 9.17) is 22.9 Å². The van der Waals surface area contributed by atoms with Crippen LogP contribution in [0.5, 0.6) is 0 Å². The Labute approximate surface area is 219 Å². The van der Waals surface area contributed by atoms with Crippen LogP contribution in [0.2, 0.25) is 0 Å². The molecule has 0 radical (unpaired) electrons. The molecule has 12 N–H and O–H groups in total. The van der Waals surface area contributed by atoms with E-state index in [0.29, 0.717) is 51.6 Å². The lowest BCUT2D eigenvalue weighted by atomic mass is 9.99. The van der Waals surface area contributed by atoms with Gasteiger partial charge in [0.25, 0.3) is 0 Å². The van der Waals surface area contributed by atoms with Crippen LogP contribution in [0.3, 0.4) is 0 Å². The number of carboxylic acid groups (broad SMARTS) is 1. The molecule has 0 bridgehead atoms. The zero-order valence-electron chi connectivity index (χ0n) is 22.7. The van der Waals surface area contributed by atoms with Crippen molar-refractivity contribution in [1.82, 2.24) is 16.0 Å². The summed E-state index contributed by atoms with van der Waals surface area (Å²) in [7, 11) is 0. The molecular formula is C24H48N8O5. The first kappa shape index (κ1) is 34.1. The summed E-state index contributed by atoms with van der Waals surface area (Å²) >= 11 is 0. The summed E-state index contributed by atoms with van der Waals surface area (Å²) in [6.07, 6.45) is 2.83. The lowest BCUT2D eigenvalue weighted by Crippen LogP contribution is -2.57. The van der Waals surface area contributed by atoms with Crippen LogP contribution in [0, 0.1) is 11.8 Å². The number of carbonyl (C=O) groups excluding carboxylic acids is 3. The molecule has 4 atom stereocenters. The Hall–Kier alpha value is -2.93. The Bertz CT molecular complexity index is 755. The number of unbranched alkanes of at least 4 members (excludes halogenated alkanes) is 1. The number of guanidine groups is 1. The van der Waals surface area contributed by atoms with Crippen LogP contribution < -0.4 is 38.9 Å². The van der Waals surface area contributed by atoms with E-state index in [1.54, 1.807) is 0 Å². The number of aliphatic carboxylic acids is 1. The maximum Gasteiger partial charge on any atom is 0.326 e. The van der Waals surface area contributed by atoms with Crippen molar-refractivity contribution in [3.05, 3.63) is 0 Å². The van der Waals surface area contributed by atoms with Gasteiger partial charge < -0.3 is 44.0 Å². The van der Waals surface area contributed by atoms with Gasteiger partial charge in [-0.1, -0.05) is 27.7 Å². The minimum atomic E-state index is -1.15. The highest BCUT2D eigenvalue weighted by molar-refractivity contribution is 5.94. The number of nitrogens with two attached hydrogens (primary N) is 4. The lowest BCUT2D eigenvalue weighted by Gasteiger charge is -2.27. The minimum absolute atomic E-state index is 0.0355. The van der Waals surface area contributed by atoms with Crippen molar-refractivity contribution in [2.24, 2.45) is 39.8 Å². The van der Waals surface area contributed by atoms with E-state index in [9.17, 15) is 24.3 Å². The zero-order chi connectivity index (χ0) is 28.5. The molecule has 214 valence electrons. The van der Waals surface area contributed by atoms with Gasteiger partial charge >= 0.3 is 5.97 Å². The van der Waals surface area contributed by atoms with E-state index >= 15 is 0 Å². The molecule has 0 aromatic carbocycles. The van der Waals surface area contributed by atoms with Gasteiger partial charge in [0, 0.05) is 6.54 Å². The number of nitrogens with zero attached hydrogens (tertiary/aromatic N) is 1. The van der Waals surface area contributed by atoms with E-state index < -0.39 is 47.9 Å². The molecule has 13 nitrogen and oxygen atoms in total. The highest BCUT2D eigenvalue weighted by atomic mass is 16.4. The van der Waals surface area contributed by atoms with Crippen molar-refractivity contribution in [1.29, 1.82) is 0 Å². The van der Waals surface area contributed by atoms with Gasteiger partial charge in [0.1, 0.15) is 18.1 Å². The first-order chi connectivity index (χ1) is 17.3. The molecule has 0 aromatic heterocycles. The minimum Gasteiger partial charge on any atom is -0.480 e. The largest absolute Gasteiger partial charge is 0.480 e. The molecule has 0 aliphatic rings. The summed E-state index contributed by atoms with van der Waals surface area (Å²) in [4.78, 5) is 54.3. The van der Waals surface area contributed by atoms with E-state index in [2.05, 4.69) is 20.9 Å². The molecule has 13 heteroatoms. The van der Waals surface area contributed by atoms with Gasteiger partial charge in [-0.25, -0.2) is 4.79 Å². The molecule has 0 heterocycles. The predicted molar refractivity (Wildman–Crippen MR) is 143 cm³/mol. The van der Waals surface area contributed by atoms with Crippen LogP contribution in [-0.2, 0) is 19.2 Å². The van der Waals surface area contributed by atoms with Gasteiger partial charge in [-0.05, 0) is 63.3 Å². The maximum absolute atomic E-state index is 13.2. The van der Waals surface area contributed by atoms with Gasteiger partial charge in [-0.2, -0.15) is 0 Å². The predicted octanol–water partition coefficient (Wildman–Crippen LogP) is -0.872. The monoisotopic (exact) mass is 528 g/mol. The van der Waals surface area contributed by atoms with Crippen LogP contribution >= 0.6 is 0 Å². The van der Waals surface area contributed by atoms with E-state index in [1.807, 2.05) is 27.7 Å². The van der Waals surface area contributed by atoms with Crippen LogP contribution in [0.1, 0.15) is 72.6 Å². The lowest BCUT2D eigenvalue weighted by molar-refractivity contribution is -0.142. The standard InChI is InChI=1S/C24H48N8O5/c1-14(2)12-18(31-20(33)16(26)8-7-11-29-24(27)28)22(35)32-19(13-15(3)4)21(34)30-17(23(36)37)9-5-6-10-25/h14-19H,5-13,25-26H2,1-4H3,(H,30,34)(H,31,33)(H,32,35)(H,36,37)(H4,27,28,29). The van der Waals surface area contributed by atoms with Crippen LogP contribution in [0.4, 0.5) is 0 Å². The molecule has 0 aliphatic heterocycles. The molecule has 3 amide bonds. The molecule has 0 saturated heterocycles. The van der Waals surface area contributed by atoms with Crippen molar-refractivity contribution in [3.8, 4) is 0 Å². The highest BCUT2D eigenvalue weighted by Gasteiger charge is 2.31. The Kier molecular flexibility index (Phi) is 16.9.